The van der Waals surface area contributed by atoms with Crippen LogP contribution in [0.2, 0.25) is 5.82 Å². The third-order valence-electron chi connectivity index (χ3n) is 6.20. The van der Waals surface area contributed by atoms with Crippen molar-refractivity contribution in [2.75, 3.05) is 32.7 Å². The Hall–Kier alpha value is -2.38. The van der Waals surface area contributed by atoms with Crippen LogP contribution in [0, 0.1) is 0 Å². The van der Waals surface area contributed by atoms with E-state index in [2.05, 4.69) is 11.1 Å². The summed E-state index contributed by atoms with van der Waals surface area (Å²) in [5.74, 6) is -1.92. The van der Waals surface area contributed by atoms with Gasteiger partial charge in [-0.1, -0.05) is 18.3 Å². The molecule has 1 unspecified atom stereocenters. The van der Waals surface area contributed by atoms with E-state index in [1.807, 2.05) is 4.90 Å². The normalized spacial score (nSPS) is 25.8. The highest BCUT2D eigenvalue weighted by atomic mass is 16.6. The molecule has 2 heterocycles. The molecule has 1 aromatic rings. The number of benzene rings is 1. The summed E-state index contributed by atoms with van der Waals surface area (Å²) in [6.45, 7) is 0.896. The molecule has 1 aromatic carbocycles. The number of hydrogen-bond donors (Lipinski definition) is 6. The SMILES string of the molecule is CC(N)(CN1CC(Oc2ccc3c(c2C(=O)O)O[B-](O)(O)[C@H]2C[C@@H]32)C1)C(=O)NCC[NH3+]. The smallest absolute Gasteiger partial charge is 0.434 e. The van der Waals surface area contributed by atoms with Crippen LogP contribution in [0.25, 0.3) is 0 Å². The Labute approximate surface area is 179 Å². The quantitative estimate of drug-likeness (QED) is 0.244. The van der Waals surface area contributed by atoms with Gasteiger partial charge in [0.2, 0.25) is 5.91 Å². The standard InChI is InChI=1S/C19H28BN4O7/c1-19(22,18(27)23-5-4-21)9-24-7-10(8-24)30-14-3-2-11-12-6-13(12)20(28,29)31-16(11)15(14)17(25)26/h2-3,10,12-13,28-29H,4-9,21-22H2,1H3,(H,23,27)(H,25,26)/q-1/p+1/t12-,13-,19?/m0/s1. The number of rotatable bonds is 8. The molecular weight excluding hydrogens is 407 g/mol. The van der Waals surface area contributed by atoms with E-state index < -0.39 is 24.1 Å². The minimum atomic E-state index is -3.09. The van der Waals surface area contributed by atoms with Crippen LogP contribution in [0.15, 0.2) is 12.1 Å². The number of carboxylic acids is 1. The molecule has 1 saturated carbocycles. The Bertz CT molecular complexity index is 903. The number of carboxylic acid groups (broad SMARTS) is 1. The van der Waals surface area contributed by atoms with Crippen molar-refractivity contribution in [2.45, 2.75) is 36.7 Å². The summed E-state index contributed by atoms with van der Waals surface area (Å²) in [5, 5.41) is 32.7. The summed E-state index contributed by atoms with van der Waals surface area (Å²) in [7, 11) is 0. The minimum absolute atomic E-state index is 0.0263. The Balaban J connectivity index is 1.41. The lowest BCUT2D eigenvalue weighted by Crippen LogP contribution is -2.65. The predicted molar refractivity (Wildman–Crippen MR) is 110 cm³/mol. The number of carbonyl (C=O) groups is 2. The van der Waals surface area contributed by atoms with Crippen molar-refractivity contribution in [1.82, 2.24) is 10.2 Å². The zero-order valence-electron chi connectivity index (χ0n) is 17.4. The van der Waals surface area contributed by atoms with Gasteiger partial charge in [0, 0.05) is 19.6 Å². The van der Waals surface area contributed by atoms with Gasteiger partial charge in [-0.3, -0.25) is 9.69 Å². The van der Waals surface area contributed by atoms with Crippen molar-refractivity contribution in [3.8, 4) is 11.5 Å². The number of nitrogens with zero attached hydrogens (tertiary/aromatic N) is 1. The minimum Gasteiger partial charge on any atom is -0.669 e. The Morgan fingerprint density at radius 3 is 2.77 bits per heavy atom. The molecule has 0 aromatic heterocycles. The van der Waals surface area contributed by atoms with Crippen molar-refractivity contribution < 1.29 is 39.9 Å². The molecule has 0 spiro atoms. The summed E-state index contributed by atoms with van der Waals surface area (Å²) < 4.78 is 11.2. The first-order chi connectivity index (χ1) is 14.5. The number of ether oxygens (including phenoxy) is 1. The molecule has 11 nitrogen and oxygen atoms in total. The van der Waals surface area contributed by atoms with E-state index in [1.165, 1.54) is 0 Å². The van der Waals surface area contributed by atoms with Crippen molar-refractivity contribution in [3.63, 3.8) is 0 Å². The maximum atomic E-state index is 12.2. The maximum Gasteiger partial charge on any atom is 0.434 e. The fourth-order valence-electron chi connectivity index (χ4n) is 4.46. The average molecular weight is 436 g/mol. The number of quaternary nitrogens is 1. The molecular formula is C19H29BN4O7. The van der Waals surface area contributed by atoms with Gasteiger partial charge in [0.15, 0.2) is 0 Å². The lowest BCUT2D eigenvalue weighted by molar-refractivity contribution is -0.364. The highest BCUT2D eigenvalue weighted by molar-refractivity contribution is 6.62. The second-order valence-corrected chi connectivity index (χ2v) is 9.01. The van der Waals surface area contributed by atoms with Crippen molar-refractivity contribution in [2.24, 2.45) is 5.73 Å². The van der Waals surface area contributed by atoms with Crippen LogP contribution >= 0.6 is 0 Å². The first kappa shape index (κ1) is 21.8. The molecule has 2 fully saturated rings. The molecule has 4 rings (SSSR count). The molecule has 1 aliphatic carbocycles. The van der Waals surface area contributed by atoms with Crippen LogP contribution in [0.3, 0.4) is 0 Å². The first-order valence-corrected chi connectivity index (χ1v) is 10.5. The number of likely N-dealkylation sites (tertiary alicyclic amines) is 1. The third kappa shape index (κ3) is 4.09. The summed E-state index contributed by atoms with van der Waals surface area (Å²) in [4.78, 5) is 26.1. The number of fused-ring (bicyclic) bond motifs is 3. The molecule has 1 amide bonds. The fourth-order valence-corrected chi connectivity index (χ4v) is 4.46. The molecule has 3 atom stereocenters. The van der Waals surface area contributed by atoms with Gasteiger partial charge in [-0.05, 0) is 24.5 Å². The van der Waals surface area contributed by atoms with Crippen LogP contribution in [0.4, 0.5) is 0 Å². The Morgan fingerprint density at radius 2 is 2.13 bits per heavy atom. The van der Waals surface area contributed by atoms with Crippen LogP contribution in [-0.4, -0.2) is 83.1 Å². The summed E-state index contributed by atoms with van der Waals surface area (Å²) in [6.07, 6.45) is 0.266. The number of nitrogens with one attached hydrogen (secondary N) is 1. The van der Waals surface area contributed by atoms with E-state index >= 15 is 0 Å². The molecule has 12 heteroatoms. The second-order valence-electron chi connectivity index (χ2n) is 9.01. The third-order valence-corrected chi connectivity index (χ3v) is 6.20. The molecule has 170 valence electrons. The first-order valence-electron chi connectivity index (χ1n) is 10.5. The van der Waals surface area contributed by atoms with Gasteiger partial charge in [-0.15, -0.1) is 0 Å². The number of nitrogens with two attached hydrogens (primary N) is 1. The molecule has 9 N–H and O–H groups in total. The fraction of sp³-hybridized carbons (Fsp3) is 0.579. The number of aromatic carboxylic acids is 1. The second kappa shape index (κ2) is 7.64. The number of hydrogen-bond acceptors (Lipinski definition) is 8. The van der Waals surface area contributed by atoms with E-state index in [0.29, 0.717) is 44.7 Å². The van der Waals surface area contributed by atoms with E-state index in [0.717, 1.165) is 0 Å². The Kier molecular flexibility index (Phi) is 5.38. The van der Waals surface area contributed by atoms with E-state index in [1.54, 1.807) is 19.1 Å². The summed E-state index contributed by atoms with van der Waals surface area (Å²) in [5.41, 5.74) is 9.21. The van der Waals surface area contributed by atoms with Gasteiger partial charge in [0.05, 0.1) is 18.8 Å². The zero-order valence-corrected chi connectivity index (χ0v) is 17.4. The predicted octanol–water partition coefficient (Wildman–Crippen LogP) is -2.30. The molecule has 3 aliphatic rings. The van der Waals surface area contributed by atoms with Crippen LogP contribution < -0.4 is 26.2 Å². The summed E-state index contributed by atoms with van der Waals surface area (Å²) in [6, 6.07) is 3.32. The highest BCUT2D eigenvalue weighted by Gasteiger charge is 2.55. The zero-order chi connectivity index (χ0) is 22.6. The Morgan fingerprint density at radius 1 is 1.42 bits per heavy atom. The van der Waals surface area contributed by atoms with E-state index in [9.17, 15) is 24.7 Å². The van der Waals surface area contributed by atoms with Crippen molar-refractivity contribution >= 4 is 18.6 Å². The highest BCUT2D eigenvalue weighted by Crippen LogP contribution is 2.63. The topological polar surface area (TPSA) is 182 Å². The lowest BCUT2D eigenvalue weighted by Gasteiger charge is -2.43. The average Bonchev–Trinajstić information content (AvgIpc) is 3.45. The maximum absolute atomic E-state index is 12.2. The van der Waals surface area contributed by atoms with Gasteiger partial charge in [0.25, 0.3) is 0 Å². The van der Waals surface area contributed by atoms with Gasteiger partial charge in [0.1, 0.15) is 23.0 Å². The van der Waals surface area contributed by atoms with E-state index in [-0.39, 0.29) is 35.0 Å². The molecule has 2 aliphatic heterocycles. The van der Waals surface area contributed by atoms with Crippen molar-refractivity contribution in [3.05, 3.63) is 23.3 Å². The monoisotopic (exact) mass is 436 g/mol. The van der Waals surface area contributed by atoms with E-state index in [4.69, 9.17) is 15.1 Å². The van der Waals surface area contributed by atoms with Gasteiger partial charge >= 0.3 is 12.7 Å². The van der Waals surface area contributed by atoms with Gasteiger partial charge in [-0.25, -0.2) is 4.79 Å². The molecule has 0 bridgehead atoms. The van der Waals surface area contributed by atoms with Crippen LogP contribution in [0.5, 0.6) is 11.5 Å². The molecule has 1 saturated heterocycles. The summed E-state index contributed by atoms with van der Waals surface area (Å²) >= 11 is 0. The van der Waals surface area contributed by atoms with Crippen LogP contribution in [-0.2, 0) is 4.79 Å². The molecule has 0 radical (unpaired) electrons. The number of carbonyl (C=O) groups excluding carboxylic acids is 1. The number of amides is 1. The van der Waals surface area contributed by atoms with Gasteiger partial charge < -0.3 is 41.3 Å². The van der Waals surface area contributed by atoms with Crippen LogP contribution in [0.1, 0.15) is 35.2 Å². The lowest BCUT2D eigenvalue weighted by atomic mass is 9.68. The molecule has 31 heavy (non-hydrogen) atoms. The van der Waals surface area contributed by atoms with Gasteiger partial charge in [-0.2, -0.15) is 0 Å². The van der Waals surface area contributed by atoms with Crippen molar-refractivity contribution in [1.29, 1.82) is 0 Å². The largest absolute Gasteiger partial charge is 0.669 e.